The minimum Gasteiger partial charge on any atom is -0.325 e. The molecule has 0 aromatic heterocycles. The van der Waals surface area contributed by atoms with E-state index in [-0.39, 0.29) is 10.9 Å². The molecule has 0 spiro atoms. The van der Waals surface area contributed by atoms with Crippen LogP contribution in [0.25, 0.3) is 0 Å². The Balaban J connectivity index is 1.63. The Bertz CT molecular complexity index is 725. The van der Waals surface area contributed by atoms with Crippen LogP contribution in [0.4, 0.5) is 10.5 Å². The number of benzene rings is 1. The van der Waals surface area contributed by atoms with E-state index in [9.17, 15) is 13.2 Å². The smallest absolute Gasteiger partial charge is 0.321 e. The third kappa shape index (κ3) is 4.38. The van der Waals surface area contributed by atoms with Crippen LogP contribution in [0.5, 0.6) is 0 Å². The molecule has 0 saturated carbocycles. The maximum atomic E-state index is 12.8. The summed E-state index contributed by atoms with van der Waals surface area (Å²) in [5.74, 6) is 1.06. The molecule has 3 rings (SSSR count). The second-order valence-electron chi connectivity index (χ2n) is 7.73. The number of nitrogens with zero attached hydrogens (tertiary/aromatic N) is 2. The van der Waals surface area contributed by atoms with Gasteiger partial charge in [-0.15, -0.1) is 0 Å². The Hall–Kier alpha value is -1.60. The largest absolute Gasteiger partial charge is 0.325 e. The van der Waals surface area contributed by atoms with Gasteiger partial charge in [0.05, 0.1) is 4.90 Å². The molecule has 0 aliphatic carbocycles. The fraction of sp³-hybridized carbons (Fsp3) is 0.632. The lowest BCUT2D eigenvalue weighted by atomic mass is 10.00. The highest BCUT2D eigenvalue weighted by Crippen LogP contribution is 2.24. The van der Waals surface area contributed by atoms with E-state index in [2.05, 4.69) is 19.2 Å². The molecule has 1 aromatic rings. The number of carbonyl (C=O) groups is 1. The van der Waals surface area contributed by atoms with Gasteiger partial charge in [0.25, 0.3) is 0 Å². The van der Waals surface area contributed by atoms with Gasteiger partial charge in [-0.05, 0) is 61.8 Å². The molecular weight excluding hydrogens is 350 g/mol. The summed E-state index contributed by atoms with van der Waals surface area (Å²) >= 11 is 0. The molecule has 1 atom stereocenters. The lowest BCUT2D eigenvalue weighted by Crippen LogP contribution is -2.40. The standard InChI is InChI=1S/C19H29N3O3S/c1-15-9-12-21(13-10-15)19(23)20-17-5-7-18(8-6-17)26(24,25)22-11-3-4-16(2)14-22/h5-8,15-16H,3-4,9-14H2,1-2H3,(H,20,23). The zero-order chi connectivity index (χ0) is 18.7. The summed E-state index contributed by atoms with van der Waals surface area (Å²) in [6.45, 7) is 6.99. The predicted molar refractivity (Wildman–Crippen MR) is 103 cm³/mol. The molecule has 0 radical (unpaired) electrons. The van der Waals surface area contributed by atoms with Crippen LogP contribution in [0.15, 0.2) is 29.2 Å². The molecule has 26 heavy (non-hydrogen) atoms. The number of sulfonamides is 1. The molecule has 2 amide bonds. The third-order valence-corrected chi connectivity index (χ3v) is 7.31. The molecule has 1 unspecified atom stereocenters. The van der Waals surface area contributed by atoms with E-state index < -0.39 is 10.0 Å². The quantitative estimate of drug-likeness (QED) is 0.875. The summed E-state index contributed by atoms with van der Waals surface area (Å²) in [5.41, 5.74) is 0.625. The van der Waals surface area contributed by atoms with Crippen LogP contribution in [0, 0.1) is 11.8 Å². The minimum atomic E-state index is -3.46. The first-order valence-corrected chi connectivity index (χ1v) is 11.0. The van der Waals surface area contributed by atoms with Gasteiger partial charge in [0.2, 0.25) is 10.0 Å². The van der Waals surface area contributed by atoms with Crippen LogP contribution in [0.1, 0.15) is 39.5 Å². The Morgan fingerprint density at radius 1 is 1.00 bits per heavy atom. The first-order valence-electron chi connectivity index (χ1n) is 9.52. The van der Waals surface area contributed by atoms with Crippen molar-refractivity contribution in [2.45, 2.75) is 44.4 Å². The number of hydrogen-bond donors (Lipinski definition) is 1. The number of carbonyl (C=O) groups excluding carboxylic acids is 1. The third-order valence-electron chi connectivity index (χ3n) is 5.43. The summed E-state index contributed by atoms with van der Waals surface area (Å²) < 4.78 is 27.1. The van der Waals surface area contributed by atoms with Crippen molar-refractivity contribution in [3.63, 3.8) is 0 Å². The number of rotatable bonds is 3. The average molecular weight is 380 g/mol. The van der Waals surface area contributed by atoms with Gasteiger partial charge in [-0.25, -0.2) is 13.2 Å². The number of likely N-dealkylation sites (tertiary alicyclic amines) is 1. The van der Waals surface area contributed by atoms with Crippen molar-refractivity contribution < 1.29 is 13.2 Å². The molecule has 2 aliphatic heterocycles. The van der Waals surface area contributed by atoms with Crippen molar-refractivity contribution in [2.75, 3.05) is 31.5 Å². The number of urea groups is 1. The number of hydrogen-bond acceptors (Lipinski definition) is 3. The molecular formula is C19H29N3O3S. The number of nitrogens with one attached hydrogen (secondary N) is 1. The normalized spacial score (nSPS) is 23.0. The van der Waals surface area contributed by atoms with Crippen molar-refractivity contribution in [1.29, 1.82) is 0 Å². The van der Waals surface area contributed by atoms with Gasteiger partial charge < -0.3 is 10.2 Å². The Labute approximate surface area is 156 Å². The van der Waals surface area contributed by atoms with Crippen molar-refractivity contribution in [3.05, 3.63) is 24.3 Å². The summed E-state index contributed by atoms with van der Waals surface area (Å²) in [6.07, 6.45) is 4.03. The van der Waals surface area contributed by atoms with Gasteiger partial charge in [-0.1, -0.05) is 13.8 Å². The lowest BCUT2D eigenvalue weighted by Gasteiger charge is -2.30. The van der Waals surface area contributed by atoms with E-state index in [1.54, 1.807) is 28.6 Å². The Morgan fingerprint density at radius 3 is 2.27 bits per heavy atom. The molecule has 2 fully saturated rings. The van der Waals surface area contributed by atoms with Crippen LogP contribution in [-0.2, 0) is 10.0 Å². The van der Waals surface area contributed by atoms with Gasteiger partial charge >= 0.3 is 6.03 Å². The minimum absolute atomic E-state index is 0.114. The molecule has 2 aliphatic rings. The first-order chi connectivity index (χ1) is 12.4. The zero-order valence-electron chi connectivity index (χ0n) is 15.6. The number of anilines is 1. The van der Waals surface area contributed by atoms with E-state index in [1.165, 1.54) is 0 Å². The molecule has 2 saturated heterocycles. The SMILES string of the molecule is CC1CCN(C(=O)Nc2ccc(S(=O)(=O)N3CCCC(C)C3)cc2)CC1. The zero-order valence-corrected chi connectivity index (χ0v) is 16.5. The van der Waals surface area contributed by atoms with E-state index in [1.807, 2.05) is 4.90 Å². The molecule has 1 N–H and O–H groups in total. The molecule has 1 aromatic carbocycles. The fourth-order valence-corrected chi connectivity index (χ4v) is 5.24. The topological polar surface area (TPSA) is 69.7 Å². The monoisotopic (exact) mass is 379 g/mol. The van der Waals surface area contributed by atoms with Gasteiger partial charge in [0.15, 0.2) is 0 Å². The van der Waals surface area contributed by atoms with Crippen LogP contribution in [0.3, 0.4) is 0 Å². The molecule has 2 heterocycles. The second-order valence-corrected chi connectivity index (χ2v) is 9.67. The number of piperidine rings is 2. The second kappa shape index (κ2) is 7.96. The lowest BCUT2D eigenvalue weighted by molar-refractivity contribution is 0.186. The van der Waals surface area contributed by atoms with E-state index in [0.29, 0.717) is 30.6 Å². The van der Waals surface area contributed by atoms with Crippen LogP contribution in [0.2, 0.25) is 0 Å². The molecule has 7 heteroatoms. The van der Waals surface area contributed by atoms with E-state index in [4.69, 9.17) is 0 Å². The average Bonchev–Trinajstić information content (AvgIpc) is 2.62. The van der Waals surface area contributed by atoms with Crippen LogP contribution >= 0.6 is 0 Å². The highest BCUT2D eigenvalue weighted by Gasteiger charge is 2.28. The van der Waals surface area contributed by atoms with E-state index in [0.717, 1.165) is 38.8 Å². The first kappa shape index (κ1) is 19.2. The summed E-state index contributed by atoms with van der Waals surface area (Å²) in [5, 5.41) is 2.87. The highest BCUT2D eigenvalue weighted by molar-refractivity contribution is 7.89. The van der Waals surface area contributed by atoms with Crippen molar-refractivity contribution in [3.8, 4) is 0 Å². The maximum Gasteiger partial charge on any atom is 0.321 e. The highest BCUT2D eigenvalue weighted by atomic mass is 32.2. The fourth-order valence-electron chi connectivity index (χ4n) is 3.64. The summed E-state index contributed by atoms with van der Waals surface area (Å²) in [7, 11) is -3.46. The predicted octanol–water partition coefficient (Wildman–Crippen LogP) is 3.37. The van der Waals surface area contributed by atoms with Gasteiger partial charge in [0.1, 0.15) is 0 Å². The van der Waals surface area contributed by atoms with E-state index >= 15 is 0 Å². The van der Waals surface area contributed by atoms with Crippen LogP contribution < -0.4 is 5.32 Å². The Kier molecular flexibility index (Phi) is 5.87. The van der Waals surface area contributed by atoms with Gasteiger partial charge in [0, 0.05) is 31.9 Å². The molecule has 144 valence electrons. The van der Waals surface area contributed by atoms with Crippen molar-refractivity contribution >= 4 is 21.7 Å². The number of amides is 2. The van der Waals surface area contributed by atoms with Crippen molar-refractivity contribution in [1.82, 2.24) is 9.21 Å². The summed E-state index contributed by atoms with van der Waals surface area (Å²) in [4.78, 5) is 14.4. The molecule has 0 bridgehead atoms. The Morgan fingerprint density at radius 2 is 1.65 bits per heavy atom. The maximum absolute atomic E-state index is 12.8. The summed E-state index contributed by atoms with van der Waals surface area (Å²) in [6, 6.07) is 6.40. The van der Waals surface area contributed by atoms with Gasteiger partial charge in [-0.2, -0.15) is 4.31 Å². The van der Waals surface area contributed by atoms with Crippen molar-refractivity contribution in [2.24, 2.45) is 11.8 Å². The molecule has 6 nitrogen and oxygen atoms in total. The van der Waals surface area contributed by atoms with Gasteiger partial charge in [-0.3, -0.25) is 0 Å². The van der Waals surface area contributed by atoms with Crippen LogP contribution in [-0.4, -0.2) is 49.8 Å².